The molecule has 3 aromatic rings. The van der Waals surface area contributed by atoms with Gasteiger partial charge in [-0.1, -0.05) is 24.0 Å². The van der Waals surface area contributed by atoms with Crippen molar-refractivity contribution in [3.05, 3.63) is 83.9 Å². The van der Waals surface area contributed by atoms with Crippen LogP contribution in [0.25, 0.3) is 0 Å². The quantitative estimate of drug-likeness (QED) is 0.476. The Morgan fingerprint density at radius 3 is 2.36 bits per heavy atom. The molecule has 1 aromatic heterocycles. The topological polar surface area (TPSA) is 67.2 Å². The van der Waals surface area contributed by atoms with Gasteiger partial charge in [-0.15, -0.1) is 0 Å². The largest absolute Gasteiger partial charge is 0.480 e. The van der Waals surface area contributed by atoms with Crippen molar-refractivity contribution in [1.29, 1.82) is 0 Å². The van der Waals surface area contributed by atoms with E-state index in [4.69, 9.17) is 5.11 Å². The Kier molecular flexibility index (Phi) is 6.90. The predicted molar refractivity (Wildman–Crippen MR) is 111 cm³/mol. The van der Waals surface area contributed by atoms with Crippen molar-refractivity contribution in [1.82, 2.24) is 14.3 Å². The zero-order chi connectivity index (χ0) is 19.8. The SMILES string of the molecule is C[C@@H](NSc1ccc(C#Cc2ccc(CCn3ccnc3)cc2)cc1)C(=O)O. The van der Waals surface area contributed by atoms with E-state index in [-0.39, 0.29) is 0 Å². The molecule has 2 N–H and O–H groups in total. The molecule has 6 heteroatoms. The molecule has 5 nitrogen and oxygen atoms in total. The van der Waals surface area contributed by atoms with Crippen molar-refractivity contribution in [3.8, 4) is 11.8 Å². The van der Waals surface area contributed by atoms with E-state index in [2.05, 4.69) is 38.2 Å². The fourth-order valence-corrected chi connectivity index (χ4v) is 3.08. The fourth-order valence-electron chi connectivity index (χ4n) is 2.39. The molecule has 1 atom stereocenters. The minimum Gasteiger partial charge on any atom is -0.480 e. The predicted octanol–water partition coefficient (Wildman–Crippen LogP) is 3.60. The molecule has 0 fully saturated rings. The summed E-state index contributed by atoms with van der Waals surface area (Å²) in [6.07, 6.45) is 6.54. The lowest BCUT2D eigenvalue weighted by Crippen LogP contribution is -2.28. The summed E-state index contributed by atoms with van der Waals surface area (Å²) < 4.78 is 4.94. The third-order valence-corrected chi connectivity index (χ3v) is 5.08. The average molecular weight is 391 g/mol. The van der Waals surface area contributed by atoms with E-state index in [1.54, 1.807) is 13.1 Å². The number of aromatic nitrogens is 2. The molecule has 0 spiro atoms. The van der Waals surface area contributed by atoms with Crippen LogP contribution in [0, 0.1) is 11.8 Å². The molecular formula is C22H21N3O2S. The molecule has 0 aliphatic rings. The molecule has 0 saturated carbocycles. The summed E-state index contributed by atoms with van der Waals surface area (Å²) in [5, 5.41) is 8.87. The molecule has 0 amide bonds. The zero-order valence-corrected chi connectivity index (χ0v) is 16.3. The van der Waals surface area contributed by atoms with Gasteiger partial charge in [0.2, 0.25) is 0 Å². The first-order valence-electron chi connectivity index (χ1n) is 8.92. The average Bonchev–Trinajstić information content (AvgIpc) is 3.24. The minimum absolute atomic E-state index is 0.604. The van der Waals surface area contributed by atoms with Crippen molar-refractivity contribution in [2.75, 3.05) is 0 Å². The van der Waals surface area contributed by atoms with Crippen LogP contribution >= 0.6 is 11.9 Å². The highest BCUT2D eigenvalue weighted by Gasteiger charge is 2.09. The molecule has 1 heterocycles. The van der Waals surface area contributed by atoms with Crippen LogP contribution in [0.4, 0.5) is 0 Å². The molecule has 142 valence electrons. The molecule has 0 saturated heterocycles. The number of carboxylic acids is 1. The van der Waals surface area contributed by atoms with Crippen LogP contribution in [0.2, 0.25) is 0 Å². The maximum Gasteiger partial charge on any atom is 0.321 e. The van der Waals surface area contributed by atoms with E-state index in [9.17, 15) is 4.79 Å². The van der Waals surface area contributed by atoms with E-state index in [0.29, 0.717) is 0 Å². The van der Waals surface area contributed by atoms with Gasteiger partial charge in [0.25, 0.3) is 0 Å². The van der Waals surface area contributed by atoms with Crippen LogP contribution in [-0.2, 0) is 17.8 Å². The van der Waals surface area contributed by atoms with Crippen LogP contribution < -0.4 is 4.72 Å². The minimum atomic E-state index is -0.872. The van der Waals surface area contributed by atoms with Crippen LogP contribution in [0.3, 0.4) is 0 Å². The van der Waals surface area contributed by atoms with Gasteiger partial charge in [-0.3, -0.25) is 4.79 Å². The van der Waals surface area contributed by atoms with Crippen molar-refractivity contribution in [2.45, 2.75) is 30.8 Å². The number of rotatable bonds is 7. The van der Waals surface area contributed by atoms with Gasteiger partial charge >= 0.3 is 5.97 Å². The summed E-state index contributed by atoms with van der Waals surface area (Å²) in [5.74, 6) is 5.46. The second-order valence-electron chi connectivity index (χ2n) is 6.30. The van der Waals surface area contributed by atoms with Gasteiger partial charge in [-0.2, -0.15) is 0 Å². The number of nitrogens with zero attached hydrogens (tertiary/aromatic N) is 2. The Balaban J connectivity index is 1.53. The summed E-state index contributed by atoms with van der Waals surface area (Å²) >= 11 is 1.30. The van der Waals surface area contributed by atoms with Crippen LogP contribution in [0.15, 0.2) is 72.1 Å². The highest BCUT2D eigenvalue weighted by molar-refractivity contribution is 7.97. The van der Waals surface area contributed by atoms with Crippen molar-refractivity contribution in [3.63, 3.8) is 0 Å². The molecule has 3 rings (SSSR count). The first kappa shape index (κ1) is 19.7. The van der Waals surface area contributed by atoms with E-state index in [1.807, 2.05) is 48.9 Å². The van der Waals surface area contributed by atoms with Gasteiger partial charge in [0.05, 0.1) is 6.33 Å². The summed E-state index contributed by atoms with van der Waals surface area (Å²) in [7, 11) is 0. The number of nitrogens with one attached hydrogen (secondary N) is 1. The Morgan fingerprint density at radius 2 is 1.79 bits per heavy atom. The molecule has 0 unspecified atom stereocenters. The zero-order valence-electron chi connectivity index (χ0n) is 15.5. The van der Waals surface area contributed by atoms with Gasteiger partial charge < -0.3 is 9.67 Å². The number of aliphatic carboxylic acids is 1. The third-order valence-electron chi connectivity index (χ3n) is 4.10. The maximum absolute atomic E-state index is 10.8. The molecule has 0 aliphatic heterocycles. The van der Waals surface area contributed by atoms with Gasteiger partial charge in [0, 0.05) is 35.0 Å². The number of hydrogen-bond donors (Lipinski definition) is 2. The van der Waals surface area contributed by atoms with Gasteiger partial charge in [-0.05, 0) is 67.3 Å². The lowest BCUT2D eigenvalue weighted by Gasteiger charge is -2.07. The molecule has 2 aromatic carbocycles. The fraction of sp³-hybridized carbons (Fsp3) is 0.182. The summed E-state index contributed by atoms with van der Waals surface area (Å²) in [6.45, 7) is 2.52. The number of carboxylic acid groups (broad SMARTS) is 1. The first-order valence-corrected chi connectivity index (χ1v) is 9.74. The number of carbonyl (C=O) groups is 1. The van der Waals surface area contributed by atoms with E-state index in [0.717, 1.165) is 29.0 Å². The number of imidazole rings is 1. The monoisotopic (exact) mass is 391 g/mol. The summed E-state index contributed by atoms with van der Waals surface area (Å²) in [4.78, 5) is 15.8. The third kappa shape index (κ3) is 6.02. The highest BCUT2D eigenvalue weighted by Crippen LogP contribution is 2.16. The first-order chi connectivity index (χ1) is 13.6. The Morgan fingerprint density at radius 1 is 1.14 bits per heavy atom. The Bertz CT molecular complexity index is 956. The molecule has 0 radical (unpaired) electrons. The number of benzene rings is 2. The summed E-state index contributed by atoms with van der Waals surface area (Å²) in [5.41, 5.74) is 3.16. The van der Waals surface area contributed by atoms with Crippen molar-refractivity contribution >= 4 is 17.9 Å². The molecule has 28 heavy (non-hydrogen) atoms. The lowest BCUT2D eigenvalue weighted by atomic mass is 10.1. The number of aryl methyl sites for hydroxylation is 2. The van der Waals surface area contributed by atoms with Gasteiger partial charge in [-0.25, -0.2) is 9.71 Å². The lowest BCUT2D eigenvalue weighted by molar-refractivity contribution is -0.138. The highest BCUT2D eigenvalue weighted by atomic mass is 32.2. The standard InChI is InChI=1S/C22H21N3O2S/c1-17(22(26)27)24-28-21-10-8-19(9-11-21)3-2-18-4-6-20(7-5-18)12-14-25-15-13-23-16-25/h4-11,13,15-17,24H,12,14H2,1H3,(H,26,27)/t17-/m1/s1. The van der Waals surface area contributed by atoms with Crippen LogP contribution in [-0.4, -0.2) is 26.7 Å². The van der Waals surface area contributed by atoms with E-state index in [1.165, 1.54) is 17.5 Å². The molecule has 0 aliphatic carbocycles. The van der Waals surface area contributed by atoms with Crippen molar-refractivity contribution in [2.24, 2.45) is 0 Å². The second kappa shape index (κ2) is 9.79. The van der Waals surface area contributed by atoms with Crippen molar-refractivity contribution < 1.29 is 9.90 Å². The maximum atomic E-state index is 10.8. The van der Waals surface area contributed by atoms with Gasteiger partial charge in [0.15, 0.2) is 0 Å². The van der Waals surface area contributed by atoms with E-state index >= 15 is 0 Å². The molecule has 0 bridgehead atoms. The van der Waals surface area contributed by atoms with Crippen LogP contribution in [0.1, 0.15) is 23.6 Å². The number of hydrogen-bond acceptors (Lipinski definition) is 4. The summed E-state index contributed by atoms with van der Waals surface area (Å²) in [6, 6.07) is 15.4. The molecular weight excluding hydrogens is 370 g/mol. The Labute approximate surface area is 169 Å². The van der Waals surface area contributed by atoms with Gasteiger partial charge in [0.1, 0.15) is 6.04 Å². The smallest absolute Gasteiger partial charge is 0.321 e. The second-order valence-corrected chi connectivity index (χ2v) is 7.21. The van der Waals surface area contributed by atoms with Crippen LogP contribution in [0.5, 0.6) is 0 Å². The Hall–Kier alpha value is -3.01. The normalized spacial score (nSPS) is 11.5. The van der Waals surface area contributed by atoms with E-state index < -0.39 is 12.0 Å².